The predicted octanol–water partition coefficient (Wildman–Crippen LogP) is 2.06. The molecule has 21 heavy (non-hydrogen) atoms. The molecule has 0 radical (unpaired) electrons. The van der Waals surface area contributed by atoms with Crippen LogP contribution in [0.1, 0.15) is 29.9 Å². The highest BCUT2D eigenvalue weighted by Crippen LogP contribution is 2.13. The van der Waals surface area contributed by atoms with Gasteiger partial charge in [-0.25, -0.2) is 4.98 Å². The monoisotopic (exact) mass is 288 g/mol. The van der Waals surface area contributed by atoms with Gasteiger partial charge in [0.1, 0.15) is 5.65 Å². The van der Waals surface area contributed by atoms with Crippen LogP contribution in [-0.2, 0) is 0 Å². The first-order chi connectivity index (χ1) is 10.1. The number of aromatic nitrogens is 2. The van der Waals surface area contributed by atoms with Gasteiger partial charge in [-0.15, -0.1) is 0 Å². The molecule has 0 aliphatic carbocycles. The highest BCUT2D eigenvalue weighted by atomic mass is 16.2. The quantitative estimate of drug-likeness (QED) is 0.817. The van der Waals surface area contributed by atoms with Crippen LogP contribution in [0.4, 0.5) is 0 Å². The van der Waals surface area contributed by atoms with Crippen molar-refractivity contribution in [2.24, 2.45) is 0 Å². The average Bonchev–Trinajstić information content (AvgIpc) is 2.87. The van der Waals surface area contributed by atoms with E-state index in [1.165, 1.54) is 0 Å². The Morgan fingerprint density at radius 3 is 2.67 bits per heavy atom. The molecule has 0 bridgehead atoms. The maximum absolute atomic E-state index is 12.6. The van der Waals surface area contributed by atoms with Gasteiger partial charge in [0.05, 0.1) is 11.3 Å². The summed E-state index contributed by atoms with van der Waals surface area (Å²) < 4.78 is 1.90. The van der Waals surface area contributed by atoms with E-state index in [-0.39, 0.29) is 5.91 Å². The van der Waals surface area contributed by atoms with E-state index >= 15 is 0 Å². The highest BCUT2D eigenvalue weighted by Gasteiger charge is 2.16. The lowest BCUT2D eigenvalue weighted by atomic mass is 10.2. The molecule has 5 heteroatoms. The first kappa shape index (κ1) is 15.5. The van der Waals surface area contributed by atoms with Crippen molar-refractivity contribution in [3.63, 3.8) is 0 Å². The Morgan fingerprint density at radius 2 is 2.00 bits per heavy atom. The molecule has 2 aromatic heterocycles. The second kappa shape index (κ2) is 6.72. The summed E-state index contributed by atoms with van der Waals surface area (Å²) in [6.45, 7) is 9.85. The number of imidazole rings is 1. The van der Waals surface area contributed by atoms with Gasteiger partial charge in [0.2, 0.25) is 0 Å². The van der Waals surface area contributed by atoms with Gasteiger partial charge in [0.25, 0.3) is 5.91 Å². The van der Waals surface area contributed by atoms with Crippen LogP contribution in [0, 0.1) is 6.92 Å². The molecule has 0 aliphatic heterocycles. The number of fused-ring (bicyclic) bond motifs is 1. The summed E-state index contributed by atoms with van der Waals surface area (Å²) in [6, 6.07) is 3.73. The first-order valence-electron chi connectivity index (χ1n) is 7.49. The summed E-state index contributed by atoms with van der Waals surface area (Å²) in [5.74, 6) is 0.0263. The van der Waals surface area contributed by atoms with Gasteiger partial charge in [-0.05, 0) is 32.1 Å². The molecule has 2 aromatic rings. The number of hydrogen-bond acceptors (Lipinski definition) is 3. The minimum absolute atomic E-state index is 0.0263. The summed E-state index contributed by atoms with van der Waals surface area (Å²) >= 11 is 0. The minimum Gasteiger partial charge on any atom is -0.340 e. The van der Waals surface area contributed by atoms with Crippen LogP contribution < -0.4 is 0 Å². The van der Waals surface area contributed by atoms with Crippen molar-refractivity contribution in [2.75, 3.05) is 33.2 Å². The Bertz CT molecular complexity index is 616. The maximum atomic E-state index is 12.6. The van der Waals surface area contributed by atoms with Crippen molar-refractivity contribution < 1.29 is 4.79 Å². The number of pyridine rings is 1. The number of amides is 1. The van der Waals surface area contributed by atoms with Crippen LogP contribution in [0.2, 0.25) is 0 Å². The van der Waals surface area contributed by atoms with Gasteiger partial charge >= 0.3 is 0 Å². The fourth-order valence-electron chi connectivity index (χ4n) is 2.44. The molecule has 0 fully saturated rings. The second-order valence-corrected chi connectivity index (χ2v) is 5.29. The molecule has 114 valence electrons. The van der Waals surface area contributed by atoms with E-state index in [2.05, 4.69) is 23.7 Å². The minimum atomic E-state index is 0.0263. The Balaban J connectivity index is 2.14. The van der Waals surface area contributed by atoms with Crippen molar-refractivity contribution in [3.05, 3.63) is 35.8 Å². The van der Waals surface area contributed by atoms with E-state index in [1.54, 1.807) is 4.90 Å². The number of carbonyl (C=O) groups is 1. The fraction of sp³-hybridized carbons (Fsp3) is 0.500. The molecule has 2 rings (SSSR count). The lowest BCUT2D eigenvalue weighted by Gasteiger charge is -2.23. The lowest BCUT2D eigenvalue weighted by Crippen LogP contribution is -2.36. The van der Waals surface area contributed by atoms with Crippen LogP contribution in [0.25, 0.3) is 5.65 Å². The topological polar surface area (TPSA) is 40.9 Å². The molecule has 0 aliphatic rings. The van der Waals surface area contributed by atoms with Gasteiger partial charge in [0.15, 0.2) is 0 Å². The van der Waals surface area contributed by atoms with Crippen LogP contribution >= 0.6 is 0 Å². The zero-order valence-corrected chi connectivity index (χ0v) is 13.3. The smallest absolute Gasteiger partial charge is 0.257 e. The average molecular weight is 288 g/mol. The normalized spacial score (nSPS) is 11.3. The summed E-state index contributed by atoms with van der Waals surface area (Å²) in [6.07, 6.45) is 3.85. The molecule has 5 nitrogen and oxygen atoms in total. The molecule has 0 atom stereocenters. The number of aryl methyl sites for hydroxylation is 1. The van der Waals surface area contributed by atoms with E-state index in [0.29, 0.717) is 5.56 Å². The Labute approximate surface area is 126 Å². The van der Waals surface area contributed by atoms with E-state index in [0.717, 1.165) is 37.5 Å². The number of carbonyl (C=O) groups excluding carboxylic acids is 1. The third-order valence-electron chi connectivity index (χ3n) is 3.83. The third kappa shape index (κ3) is 3.42. The Hall–Kier alpha value is -1.88. The van der Waals surface area contributed by atoms with Crippen LogP contribution in [0.3, 0.4) is 0 Å². The van der Waals surface area contributed by atoms with Crippen LogP contribution in [0.15, 0.2) is 24.5 Å². The number of hydrogen-bond donors (Lipinski definition) is 0. The lowest BCUT2D eigenvalue weighted by molar-refractivity contribution is 0.0781. The standard InChI is InChI=1S/C16H24N4O/c1-5-19(6-2)11-10-18(4)16(21)14-8-7-9-20-12-13(3)17-15(14)20/h7-9,12H,5-6,10-11H2,1-4H3. The third-order valence-corrected chi connectivity index (χ3v) is 3.83. The van der Waals surface area contributed by atoms with Crippen molar-refractivity contribution in [1.29, 1.82) is 0 Å². The molecule has 0 aromatic carbocycles. The Morgan fingerprint density at radius 1 is 1.29 bits per heavy atom. The van der Waals surface area contributed by atoms with Crippen molar-refractivity contribution in [1.82, 2.24) is 19.2 Å². The Kier molecular flexibility index (Phi) is 4.96. The number of rotatable bonds is 6. The zero-order chi connectivity index (χ0) is 15.4. The summed E-state index contributed by atoms with van der Waals surface area (Å²) in [4.78, 5) is 21.1. The molecule has 0 saturated heterocycles. The molecular weight excluding hydrogens is 264 g/mol. The van der Waals surface area contributed by atoms with E-state index in [9.17, 15) is 4.79 Å². The van der Waals surface area contributed by atoms with E-state index < -0.39 is 0 Å². The van der Waals surface area contributed by atoms with Gasteiger partial charge in [0, 0.05) is 32.5 Å². The highest BCUT2D eigenvalue weighted by molar-refractivity contribution is 5.99. The summed E-state index contributed by atoms with van der Waals surface area (Å²) in [5.41, 5.74) is 2.31. The van der Waals surface area contributed by atoms with Crippen LogP contribution in [-0.4, -0.2) is 58.3 Å². The van der Waals surface area contributed by atoms with Crippen LogP contribution in [0.5, 0.6) is 0 Å². The predicted molar refractivity (Wildman–Crippen MR) is 84.7 cm³/mol. The summed E-state index contributed by atoms with van der Waals surface area (Å²) in [5, 5.41) is 0. The molecular formula is C16H24N4O. The van der Waals surface area contributed by atoms with Gasteiger partial charge in [-0.2, -0.15) is 0 Å². The fourth-order valence-corrected chi connectivity index (χ4v) is 2.44. The van der Waals surface area contributed by atoms with E-state index in [4.69, 9.17) is 0 Å². The van der Waals surface area contributed by atoms with Gasteiger partial charge in [-0.1, -0.05) is 13.8 Å². The second-order valence-electron chi connectivity index (χ2n) is 5.29. The molecule has 0 saturated carbocycles. The van der Waals surface area contributed by atoms with Gasteiger partial charge < -0.3 is 14.2 Å². The SMILES string of the molecule is CCN(CC)CCN(C)C(=O)c1cccn2cc(C)nc12. The number of nitrogens with zero attached hydrogens (tertiary/aromatic N) is 4. The first-order valence-corrected chi connectivity index (χ1v) is 7.49. The number of likely N-dealkylation sites (N-methyl/N-ethyl adjacent to an activating group) is 2. The van der Waals surface area contributed by atoms with Crippen molar-refractivity contribution in [3.8, 4) is 0 Å². The van der Waals surface area contributed by atoms with Crippen molar-refractivity contribution in [2.45, 2.75) is 20.8 Å². The maximum Gasteiger partial charge on any atom is 0.257 e. The molecule has 1 amide bonds. The summed E-state index contributed by atoms with van der Waals surface area (Å²) in [7, 11) is 1.85. The van der Waals surface area contributed by atoms with Gasteiger partial charge in [-0.3, -0.25) is 4.79 Å². The molecule has 0 spiro atoms. The van der Waals surface area contributed by atoms with E-state index in [1.807, 2.05) is 42.9 Å². The molecule has 0 unspecified atom stereocenters. The largest absolute Gasteiger partial charge is 0.340 e. The van der Waals surface area contributed by atoms with Crippen molar-refractivity contribution >= 4 is 11.6 Å². The molecule has 0 N–H and O–H groups in total. The zero-order valence-electron chi connectivity index (χ0n) is 13.3. The molecule has 2 heterocycles.